The minimum atomic E-state index is -0.277. The molecule has 3 rings (SSSR count). The third-order valence-corrected chi connectivity index (χ3v) is 4.58. The van der Waals surface area contributed by atoms with Crippen molar-refractivity contribution >= 4 is 22.2 Å². The van der Waals surface area contributed by atoms with Crippen molar-refractivity contribution < 1.29 is 9.18 Å². The van der Waals surface area contributed by atoms with Gasteiger partial charge in [0.15, 0.2) is 0 Å². The largest absolute Gasteiger partial charge is 0.355 e. The van der Waals surface area contributed by atoms with Crippen LogP contribution in [0.1, 0.15) is 18.2 Å². The Morgan fingerprint density at radius 2 is 2.26 bits per heavy atom. The second-order valence-corrected chi connectivity index (χ2v) is 6.26. The van der Waals surface area contributed by atoms with Crippen LogP contribution in [0.4, 0.5) is 4.39 Å². The van der Waals surface area contributed by atoms with E-state index in [1.807, 2.05) is 12.3 Å². The van der Waals surface area contributed by atoms with E-state index in [0.29, 0.717) is 24.9 Å². The highest BCUT2D eigenvalue weighted by atomic mass is 32.1. The van der Waals surface area contributed by atoms with Gasteiger partial charge in [-0.15, -0.1) is 11.3 Å². The molecule has 1 aromatic carbocycles. The number of amides is 1. The normalized spacial score (nSPS) is 12.4. The predicted octanol–water partition coefficient (Wildman–Crippen LogP) is 2.47. The number of nitrogens with one attached hydrogen (secondary N) is 1. The molecular formula is C16H17FN4OS. The van der Waals surface area contributed by atoms with E-state index < -0.39 is 0 Å². The quantitative estimate of drug-likeness (QED) is 0.754. The molecule has 0 saturated heterocycles. The summed E-state index contributed by atoms with van der Waals surface area (Å²) in [5, 5.41) is 9.03. The molecule has 7 heteroatoms. The third-order valence-electron chi connectivity index (χ3n) is 3.70. The Balaban J connectivity index is 1.51. The molecule has 1 atom stereocenters. The molecule has 0 saturated carbocycles. The first kappa shape index (κ1) is 15.6. The maximum atomic E-state index is 13.6. The van der Waals surface area contributed by atoms with Crippen LogP contribution in [0.5, 0.6) is 0 Å². The third kappa shape index (κ3) is 3.56. The van der Waals surface area contributed by atoms with Crippen molar-refractivity contribution in [2.75, 3.05) is 6.54 Å². The Labute approximate surface area is 137 Å². The lowest BCUT2D eigenvalue weighted by atomic mass is 10.00. The van der Waals surface area contributed by atoms with Crippen LogP contribution in [-0.4, -0.2) is 27.0 Å². The number of aromatic nitrogens is 3. The summed E-state index contributed by atoms with van der Waals surface area (Å²) in [5.74, 6) is -0.613. The van der Waals surface area contributed by atoms with Gasteiger partial charge in [0.25, 0.3) is 0 Å². The second-order valence-electron chi connectivity index (χ2n) is 5.42. The van der Waals surface area contributed by atoms with Crippen molar-refractivity contribution in [3.8, 4) is 0 Å². The number of hydrogen-bond acceptors (Lipinski definition) is 4. The number of carbonyl (C=O) groups excluding carboxylic acids is 1. The molecule has 1 N–H and O–H groups in total. The maximum absolute atomic E-state index is 13.6. The van der Waals surface area contributed by atoms with Gasteiger partial charge in [-0.2, -0.15) is 5.10 Å². The molecule has 3 aromatic rings. The number of halogens is 1. The van der Waals surface area contributed by atoms with Crippen LogP contribution in [0.2, 0.25) is 0 Å². The summed E-state index contributed by atoms with van der Waals surface area (Å²) in [7, 11) is 0. The van der Waals surface area contributed by atoms with Crippen molar-refractivity contribution in [1.29, 1.82) is 0 Å². The molecule has 1 unspecified atom stereocenters. The lowest BCUT2D eigenvalue weighted by Crippen LogP contribution is -2.32. The van der Waals surface area contributed by atoms with Crippen LogP contribution in [0.15, 0.2) is 36.0 Å². The van der Waals surface area contributed by atoms with Gasteiger partial charge in [-0.3, -0.25) is 4.79 Å². The molecule has 0 aliphatic rings. The molecule has 0 fully saturated rings. The Morgan fingerprint density at radius 1 is 1.43 bits per heavy atom. The van der Waals surface area contributed by atoms with E-state index >= 15 is 0 Å². The highest BCUT2D eigenvalue weighted by Gasteiger charge is 2.15. The Kier molecular flexibility index (Phi) is 4.66. The minimum Gasteiger partial charge on any atom is -0.355 e. The summed E-state index contributed by atoms with van der Waals surface area (Å²) in [6, 6.07) is 6.56. The summed E-state index contributed by atoms with van der Waals surface area (Å²) in [4.78, 5) is 17.1. The van der Waals surface area contributed by atoms with E-state index in [9.17, 15) is 9.18 Å². The fourth-order valence-corrected chi connectivity index (χ4v) is 3.25. The van der Waals surface area contributed by atoms with Crippen molar-refractivity contribution in [1.82, 2.24) is 19.9 Å². The second kappa shape index (κ2) is 6.87. The highest BCUT2D eigenvalue weighted by Crippen LogP contribution is 2.14. The van der Waals surface area contributed by atoms with Gasteiger partial charge in [0.05, 0.1) is 5.69 Å². The van der Waals surface area contributed by atoms with Gasteiger partial charge in [-0.25, -0.2) is 13.9 Å². The summed E-state index contributed by atoms with van der Waals surface area (Å²) < 4.78 is 15.4. The van der Waals surface area contributed by atoms with Gasteiger partial charge in [0.1, 0.15) is 12.1 Å². The monoisotopic (exact) mass is 332 g/mol. The molecule has 2 heterocycles. The van der Waals surface area contributed by atoms with Crippen molar-refractivity contribution in [3.63, 3.8) is 0 Å². The Hall–Kier alpha value is -2.28. The number of carbonyl (C=O) groups is 1. The fourth-order valence-electron chi connectivity index (χ4n) is 2.42. The number of fused-ring (bicyclic) bond motifs is 1. The van der Waals surface area contributed by atoms with E-state index in [2.05, 4.69) is 15.4 Å². The summed E-state index contributed by atoms with van der Waals surface area (Å²) in [6.45, 7) is 2.33. The molecule has 2 aromatic heterocycles. The average molecular weight is 332 g/mol. The number of rotatable bonds is 6. The molecule has 5 nitrogen and oxygen atoms in total. The van der Waals surface area contributed by atoms with Gasteiger partial charge < -0.3 is 5.32 Å². The summed E-state index contributed by atoms with van der Waals surface area (Å²) >= 11 is 1.52. The Bertz CT molecular complexity index is 813. The van der Waals surface area contributed by atoms with Crippen LogP contribution in [0.3, 0.4) is 0 Å². The Morgan fingerprint density at radius 3 is 3.09 bits per heavy atom. The lowest BCUT2D eigenvalue weighted by molar-refractivity contribution is -0.124. The van der Waals surface area contributed by atoms with E-state index in [0.717, 1.165) is 10.7 Å². The van der Waals surface area contributed by atoms with Gasteiger partial charge >= 0.3 is 0 Å². The van der Waals surface area contributed by atoms with Crippen molar-refractivity contribution in [2.45, 2.75) is 19.8 Å². The average Bonchev–Trinajstić information content (AvgIpc) is 3.14. The van der Waals surface area contributed by atoms with Crippen molar-refractivity contribution in [3.05, 3.63) is 53.0 Å². The minimum absolute atomic E-state index is 0.0710. The van der Waals surface area contributed by atoms with Gasteiger partial charge in [0.2, 0.25) is 10.9 Å². The highest BCUT2D eigenvalue weighted by molar-refractivity contribution is 7.15. The summed E-state index contributed by atoms with van der Waals surface area (Å²) in [6.07, 6.45) is 2.59. The molecule has 0 aliphatic carbocycles. The van der Waals surface area contributed by atoms with Gasteiger partial charge in [-0.05, 0) is 18.1 Å². The molecule has 0 spiro atoms. The molecule has 1 amide bonds. The van der Waals surface area contributed by atoms with Gasteiger partial charge in [0, 0.05) is 24.3 Å². The molecule has 23 heavy (non-hydrogen) atoms. The zero-order valence-electron chi connectivity index (χ0n) is 12.7. The van der Waals surface area contributed by atoms with Gasteiger partial charge in [-0.1, -0.05) is 25.1 Å². The molecular weight excluding hydrogens is 315 g/mol. The number of benzene rings is 1. The van der Waals surface area contributed by atoms with Crippen LogP contribution >= 0.6 is 11.3 Å². The van der Waals surface area contributed by atoms with E-state index in [4.69, 9.17) is 0 Å². The first-order chi connectivity index (χ1) is 11.1. The topological polar surface area (TPSA) is 59.3 Å². The summed E-state index contributed by atoms with van der Waals surface area (Å²) in [5.41, 5.74) is 1.59. The zero-order valence-corrected chi connectivity index (χ0v) is 13.5. The van der Waals surface area contributed by atoms with Crippen LogP contribution in [-0.2, 0) is 17.6 Å². The van der Waals surface area contributed by atoms with E-state index in [1.54, 1.807) is 22.7 Å². The number of thiazole rings is 1. The van der Waals surface area contributed by atoms with Crippen molar-refractivity contribution in [2.24, 2.45) is 5.92 Å². The first-order valence-corrected chi connectivity index (χ1v) is 8.30. The zero-order chi connectivity index (χ0) is 16.2. The fraction of sp³-hybridized carbons (Fsp3) is 0.312. The van der Waals surface area contributed by atoms with Crippen LogP contribution < -0.4 is 5.32 Å². The molecule has 120 valence electrons. The van der Waals surface area contributed by atoms with Crippen LogP contribution in [0.25, 0.3) is 4.96 Å². The predicted molar refractivity (Wildman–Crippen MR) is 86.8 cm³/mol. The molecule has 0 bridgehead atoms. The SMILES string of the molecule is CC(Cc1ccccc1F)C(=O)NCCc1csc2ncnn12. The maximum Gasteiger partial charge on any atom is 0.223 e. The van der Waals surface area contributed by atoms with E-state index in [1.165, 1.54) is 23.7 Å². The lowest BCUT2D eigenvalue weighted by Gasteiger charge is -2.12. The number of nitrogens with zero attached hydrogens (tertiary/aromatic N) is 3. The number of hydrogen-bond donors (Lipinski definition) is 1. The van der Waals surface area contributed by atoms with E-state index in [-0.39, 0.29) is 17.6 Å². The molecule has 0 aliphatic heterocycles. The smallest absolute Gasteiger partial charge is 0.223 e. The first-order valence-electron chi connectivity index (χ1n) is 7.42. The standard InChI is InChI=1S/C16H17FN4OS/c1-11(8-12-4-2-3-5-14(12)17)15(22)18-7-6-13-9-23-16-19-10-20-21(13)16/h2-5,9-11H,6-8H2,1H3,(H,18,22). The van der Waals surface area contributed by atoms with Crippen LogP contribution in [0, 0.1) is 11.7 Å². The molecule has 0 radical (unpaired) electrons.